The van der Waals surface area contributed by atoms with E-state index in [1.54, 1.807) is 6.07 Å². The van der Waals surface area contributed by atoms with Crippen LogP contribution in [0, 0.1) is 17.1 Å². The highest BCUT2D eigenvalue weighted by Gasteiger charge is 2.14. The smallest absolute Gasteiger partial charge is 0.275 e. The molecule has 1 aromatic carbocycles. The molecule has 0 aliphatic carbocycles. The highest BCUT2D eigenvalue weighted by atomic mass is 35.5. The van der Waals surface area contributed by atoms with Gasteiger partial charge in [0, 0.05) is 5.69 Å². The van der Waals surface area contributed by atoms with Crippen molar-refractivity contribution in [1.29, 1.82) is 5.26 Å². The van der Waals surface area contributed by atoms with E-state index in [-0.39, 0.29) is 27.1 Å². The molecule has 1 amide bonds. The lowest BCUT2D eigenvalue weighted by Crippen LogP contribution is -2.14. The van der Waals surface area contributed by atoms with Crippen LogP contribution in [-0.4, -0.2) is 10.9 Å². The molecule has 2 aromatic rings. The van der Waals surface area contributed by atoms with Crippen LogP contribution >= 0.6 is 23.2 Å². The molecule has 2 rings (SSSR count). The summed E-state index contributed by atoms with van der Waals surface area (Å²) in [5, 5.41) is 11.4. The van der Waals surface area contributed by atoms with Gasteiger partial charge in [0.2, 0.25) is 0 Å². The van der Waals surface area contributed by atoms with Crippen LogP contribution in [0.1, 0.15) is 16.1 Å². The number of nitriles is 1. The minimum Gasteiger partial charge on any atom is -0.321 e. The number of halogens is 3. The average Bonchev–Trinajstić information content (AvgIpc) is 2.43. The van der Waals surface area contributed by atoms with Crippen molar-refractivity contribution in [3.63, 3.8) is 0 Å². The van der Waals surface area contributed by atoms with Gasteiger partial charge in [-0.25, -0.2) is 9.37 Å². The maximum atomic E-state index is 13.2. The third-order valence-corrected chi connectivity index (χ3v) is 2.89. The first kappa shape index (κ1) is 14.3. The first-order chi connectivity index (χ1) is 9.51. The molecule has 0 aliphatic rings. The van der Waals surface area contributed by atoms with Crippen molar-refractivity contribution >= 4 is 34.8 Å². The van der Waals surface area contributed by atoms with E-state index in [4.69, 9.17) is 28.5 Å². The van der Waals surface area contributed by atoms with Crippen LogP contribution in [0.4, 0.5) is 10.1 Å². The number of nitrogens with zero attached hydrogens (tertiary/aromatic N) is 2. The summed E-state index contributed by atoms with van der Waals surface area (Å²) in [6, 6.07) is 8.20. The van der Waals surface area contributed by atoms with Crippen molar-refractivity contribution in [1.82, 2.24) is 4.98 Å². The minimum atomic E-state index is -0.663. The van der Waals surface area contributed by atoms with Crippen molar-refractivity contribution < 1.29 is 9.18 Å². The molecule has 0 radical (unpaired) electrons. The molecule has 7 heteroatoms. The lowest BCUT2D eigenvalue weighted by Gasteiger charge is -2.07. The first-order valence-corrected chi connectivity index (χ1v) is 6.10. The molecule has 0 saturated carbocycles. The highest BCUT2D eigenvalue weighted by molar-refractivity contribution is 6.35. The molecular weight excluding hydrogens is 304 g/mol. The van der Waals surface area contributed by atoms with Crippen LogP contribution in [-0.2, 0) is 0 Å². The Balaban J connectivity index is 2.28. The Kier molecular flexibility index (Phi) is 4.18. The fourth-order valence-electron chi connectivity index (χ4n) is 1.46. The number of carbonyl (C=O) groups excluding carboxylic acids is 1. The summed E-state index contributed by atoms with van der Waals surface area (Å²) in [7, 11) is 0. The molecule has 1 aromatic heterocycles. The van der Waals surface area contributed by atoms with Crippen LogP contribution in [0.15, 0.2) is 30.3 Å². The van der Waals surface area contributed by atoms with Gasteiger partial charge in [-0.2, -0.15) is 5.26 Å². The third kappa shape index (κ3) is 3.05. The third-order valence-electron chi connectivity index (χ3n) is 2.37. The Morgan fingerprint density at radius 1 is 1.30 bits per heavy atom. The Hall–Kier alpha value is -2.16. The molecule has 4 nitrogen and oxygen atoms in total. The van der Waals surface area contributed by atoms with Gasteiger partial charge in [-0.15, -0.1) is 0 Å². The average molecular weight is 310 g/mol. The number of hydrogen-bond donors (Lipinski definition) is 1. The monoisotopic (exact) mass is 309 g/mol. The van der Waals surface area contributed by atoms with Crippen molar-refractivity contribution in [2.45, 2.75) is 0 Å². The second kappa shape index (κ2) is 5.87. The molecule has 0 spiro atoms. The molecule has 1 N–H and O–H groups in total. The molecule has 0 unspecified atom stereocenters. The molecular formula is C13H6Cl2FN3O. The highest BCUT2D eigenvalue weighted by Crippen LogP contribution is 2.19. The topological polar surface area (TPSA) is 65.8 Å². The zero-order valence-electron chi connectivity index (χ0n) is 9.82. The summed E-state index contributed by atoms with van der Waals surface area (Å²) in [4.78, 5) is 15.8. The summed E-state index contributed by atoms with van der Waals surface area (Å²) in [6.07, 6.45) is 0. The normalized spacial score (nSPS) is 9.90. The lowest BCUT2D eigenvalue weighted by molar-refractivity contribution is 0.102. The van der Waals surface area contributed by atoms with Gasteiger partial charge < -0.3 is 5.32 Å². The molecule has 0 fully saturated rings. The van der Waals surface area contributed by atoms with Crippen molar-refractivity contribution in [3.05, 3.63) is 57.6 Å². The Labute approximate surface area is 123 Å². The van der Waals surface area contributed by atoms with E-state index in [0.717, 1.165) is 6.07 Å². The number of benzene rings is 1. The lowest BCUT2D eigenvalue weighted by atomic mass is 10.2. The summed E-state index contributed by atoms with van der Waals surface area (Å²) in [5.74, 6) is -1.27. The quantitative estimate of drug-likeness (QED) is 0.861. The predicted molar refractivity (Wildman–Crippen MR) is 73.3 cm³/mol. The maximum Gasteiger partial charge on any atom is 0.275 e. The number of carbonyl (C=O) groups is 1. The van der Waals surface area contributed by atoms with E-state index in [1.807, 2.05) is 0 Å². The zero-order valence-corrected chi connectivity index (χ0v) is 11.3. The molecule has 0 atom stereocenters. The Bertz CT molecular complexity index is 728. The molecule has 1 heterocycles. The van der Waals surface area contributed by atoms with Gasteiger partial charge in [-0.3, -0.25) is 4.79 Å². The van der Waals surface area contributed by atoms with E-state index in [0.29, 0.717) is 0 Å². The zero-order chi connectivity index (χ0) is 14.7. The number of pyridine rings is 1. The van der Waals surface area contributed by atoms with Gasteiger partial charge in [0.15, 0.2) is 0 Å². The van der Waals surface area contributed by atoms with Gasteiger partial charge in [0.1, 0.15) is 22.7 Å². The Morgan fingerprint density at radius 2 is 2.05 bits per heavy atom. The van der Waals surface area contributed by atoms with Gasteiger partial charge in [-0.1, -0.05) is 23.2 Å². The second-order valence-corrected chi connectivity index (χ2v) is 4.52. The summed E-state index contributed by atoms with van der Waals surface area (Å²) < 4.78 is 13.2. The van der Waals surface area contributed by atoms with Gasteiger partial charge in [0.25, 0.3) is 5.91 Å². The number of amides is 1. The molecule has 0 saturated heterocycles. The van der Waals surface area contributed by atoms with Gasteiger partial charge in [0.05, 0.1) is 10.6 Å². The molecule has 0 bridgehead atoms. The number of nitrogens with one attached hydrogen (secondary N) is 1. The molecule has 0 aliphatic heterocycles. The van der Waals surface area contributed by atoms with Crippen LogP contribution in [0.3, 0.4) is 0 Å². The molecule has 20 heavy (non-hydrogen) atoms. The van der Waals surface area contributed by atoms with Crippen LogP contribution in [0.25, 0.3) is 0 Å². The number of hydrogen-bond acceptors (Lipinski definition) is 3. The first-order valence-electron chi connectivity index (χ1n) is 5.34. The van der Waals surface area contributed by atoms with Gasteiger partial charge >= 0.3 is 0 Å². The van der Waals surface area contributed by atoms with Gasteiger partial charge in [-0.05, 0) is 30.3 Å². The summed E-state index contributed by atoms with van der Waals surface area (Å²) in [5.41, 5.74) is 0.0285. The minimum absolute atomic E-state index is 0.0537. The van der Waals surface area contributed by atoms with E-state index < -0.39 is 11.7 Å². The Morgan fingerprint density at radius 3 is 2.75 bits per heavy atom. The van der Waals surface area contributed by atoms with E-state index in [2.05, 4.69) is 10.3 Å². The van der Waals surface area contributed by atoms with Crippen LogP contribution in [0.5, 0.6) is 0 Å². The maximum absolute atomic E-state index is 13.2. The standard InChI is InChI=1S/C13H6Cl2FN3O/c14-9-2-4-11(15)19-12(9)13(20)18-8-1-3-10(16)7(5-8)6-17/h1-5H,(H,18,20). The largest absolute Gasteiger partial charge is 0.321 e. The fraction of sp³-hybridized carbons (Fsp3) is 0. The number of rotatable bonds is 2. The summed E-state index contributed by atoms with van der Waals surface area (Å²) in [6.45, 7) is 0. The van der Waals surface area contributed by atoms with Crippen molar-refractivity contribution in [2.75, 3.05) is 5.32 Å². The second-order valence-electron chi connectivity index (χ2n) is 3.72. The number of anilines is 1. The van der Waals surface area contributed by atoms with Crippen molar-refractivity contribution in [2.24, 2.45) is 0 Å². The van der Waals surface area contributed by atoms with Crippen molar-refractivity contribution in [3.8, 4) is 6.07 Å². The van der Waals surface area contributed by atoms with Crippen LogP contribution < -0.4 is 5.32 Å². The van der Waals surface area contributed by atoms with Crippen LogP contribution in [0.2, 0.25) is 10.2 Å². The van der Waals surface area contributed by atoms with E-state index >= 15 is 0 Å². The summed E-state index contributed by atoms with van der Waals surface area (Å²) >= 11 is 11.5. The number of aromatic nitrogens is 1. The van der Waals surface area contributed by atoms with E-state index in [1.165, 1.54) is 24.3 Å². The molecule has 100 valence electrons. The SMILES string of the molecule is N#Cc1cc(NC(=O)c2nc(Cl)ccc2Cl)ccc1F. The predicted octanol–water partition coefficient (Wildman–Crippen LogP) is 3.65. The van der Waals surface area contributed by atoms with E-state index in [9.17, 15) is 9.18 Å². The fourth-order valence-corrected chi connectivity index (χ4v) is 1.80.